The molecule has 0 saturated carbocycles. The SMILES string of the molecule is COc1cc2c(cc1OC)[C@H](NC(=O)Cc1csc(-c3ccccc3)n1)CC2. The first kappa shape index (κ1) is 18.5. The molecule has 1 N–H and O–H groups in total. The van der Waals surface area contributed by atoms with Crippen molar-refractivity contribution in [3.8, 4) is 22.1 Å². The standard InChI is InChI=1S/C22H22N2O3S/c1-26-19-10-15-8-9-18(17(15)12-20(19)27-2)24-21(25)11-16-13-28-22(23-16)14-6-4-3-5-7-14/h3-7,10,12-13,18H,8-9,11H2,1-2H3,(H,24,25)/t18-/m1/s1. The minimum Gasteiger partial charge on any atom is -0.493 e. The van der Waals surface area contributed by atoms with E-state index in [0.717, 1.165) is 40.4 Å². The van der Waals surface area contributed by atoms with Crippen LogP contribution in [-0.4, -0.2) is 25.1 Å². The van der Waals surface area contributed by atoms with Crippen LogP contribution in [0.4, 0.5) is 0 Å². The second-order valence-corrected chi connectivity index (χ2v) is 7.61. The minimum atomic E-state index is -0.0162. The first-order valence-corrected chi connectivity index (χ1v) is 10.1. The summed E-state index contributed by atoms with van der Waals surface area (Å²) in [5, 5.41) is 6.04. The van der Waals surface area contributed by atoms with Gasteiger partial charge in [0.05, 0.1) is 32.4 Å². The third kappa shape index (κ3) is 3.73. The van der Waals surface area contributed by atoms with E-state index in [9.17, 15) is 4.79 Å². The molecule has 0 unspecified atom stereocenters. The Kier molecular flexibility index (Phi) is 5.30. The summed E-state index contributed by atoms with van der Waals surface area (Å²) in [5.41, 5.74) is 4.18. The molecule has 0 radical (unpaired) electrons. The molecule has 144 valence electrons. The molecule has 5 nitrogen and oxygen atoms in total. The highest BCUT2D eigenvalue weighted by atomic mass is 32.1. The number of benzene rings is 2. The van der Waals surface area contributed by atoms with Crippen molar-refractivity contribution < 1.29 is 14.3 Å². The Labute approximate surface area is 168 Å². The molecule has 2 aromatic carbocycles. The van der Waals surface area contributed by atoms with Crippen LogP contribution in [0.15, 0.2) is 47.8 Å². The Morgan fingerprint density at radius 2 is 1.93 bits per heavy atom. The Hall–Kier alpha value is -2.86. The number of fused-ring (bicyclic) bond motifs is 1. The average molecular weight is 394 g/mol. The number of thiazole rings is 1. The van der Waals surface area contributed by atoms with Gasteiger partial charge in [-0.1, -0.05) is 30.3 Å². The van der Waals surface area contributed by atoms with E-state index < -0.39 is 0 Å². The fourth-order valence-electron chi connectivity index (χ4n) is 3.59. The maximum absolute atomic E-state index is 12.6. The number of nitrogens with one attached hydrogen (secondary N) is 1. The molecule has 0 saturated heterocycles. The fourth-order valence-corrected chi connectivity index (χ4v) is 4.42. The van der Waals surface area contributed by atoms with Crippen molar-refractivity contribution in [3.63, 3.8) is 0 Å². The van der Waals surface area contributed by atoms with Gasteiger partial charge in [0.15, 0.2) is 11.5 Å². The van der Waals surface area contributed by atoms with E-state index in [1.807, 2.05) is 47.8 Å². The highest BCUT2D eigenvalue weighted by Gasteiger charge is 2.26. The summed E-state index contributed by atoms with van der Waals surface area (Å²) in [6, 6.07) is 14.0. The zero-order valence-electron chi connectivity index (χ0n) is 15.9. The lowest BCUT2D eigenvalue weighted by atomic mass is 10.1. The Balaban J connectivity index is 1.44. The van der Waals surface area contributed by atoms with Crippen LogP contribution < -0.4 is 14.8 Å². The quantitative estimate of drug-likeness (QED) is 0.682. The van der Waals surface area contributed by atoms with Gasteiger partial charge in [0.25, 0.3) is 0 Å². The van der Waals surface area contributed by atoms with Crippen molar-refractivity contribution >= 4 is 17.2 Å². The highest BCUT2D eigenvalue weighted by Crippen LogP contribution is 2.39. The summed E-state index contributed by atoms with van der Waals surface area (Å²) in [6.07, 6.45) is 2.07. The van der Waals surface area contributed by atoms with Crippen LogP contribution in [0.2, 0.25) is 0 Å². The average Bonchev–Trinajstić information content (AvgIpc) is 3.34. The van der Waals surface area contributed by atoms with Gasteiger partial charge in [-0.15, -0.1) is 11.3 Å². The van der Waals surface area contributed by atoms with Crippen LogP contribution in [-0.2, 0) is 17.6 Å². The van der Waals surface area contributed by atoms with E-state index in [-0.39, 0.29) is 18.4 Å². The second-order valence-electron chi connectivity index (χ2n) is 6.75. The van der Waals surface area contributed by atoms with Gasteiger partial charge in [-0.25, -0.2) is 4.98 Å². The molecule has 1 aliphatic carbocycles. The first-order valence-electron chi connectivity index (χ1n) is 9.22. The predicted octanol–water partition coefficient (Wildman–Crippen LogP) is 4.17. The number of hydrogen-bond acceptors (Lipinski definition) is 5. The molecule has 1 aromatic heterocycles. The summed E-state index contributed by atoms with van der Waals surface area (Å²) in [5.74, 6) is 1.40. The van der Waals surface area contributed by atoms with Crippen LogP contribution in [0.3, 0.4) is 0 Å². The Bertz CT molecular complexity index is 985. The van der Waals surface area contributed by atoms with Crippen LogP contribution in [0.1, 0.15) is 29.3 Å². The van der Waals surface area contributed by atoms with Crippen molar-refractivity contribution in [3.05, 3.63) is 64.7 Å². The number of methoxy groups -OCH3 is 2. The predicted molar refractivity (Wildman–Crippen MR) is 110 cm³/mol. The largest absolute Gasteiger partial charge is 0.493 e. The lowest BCUT2D eigenvalue weighted by molar-refractivity contribution is -0.121. The number of hydrogen-bond donors (Lipinski definition) is 1. The van der Waals surface area contributed by atoms with Gasteiger partial charge in [-0.2, -0.15) is 0 Å². The highest BCUT2D eigenvalue weighted by molar-refractivity contribution is 7.13. The van der Waals surface area contributed by atoms with Crippen LogP contribution in [0, 0.1) is 0 Å². The lowest BCUT2D eigenvalue weighted by Crippen LogP contribution is -2.28. The van der Waals surface area contributed by atoms with Gasteiger partial charge in [0, 0.05) is 10.9 Å². The number of nitrogens with zero attached hydrogens (tertiary/aromatic N) is 1. The lowest BCUT2D eigenvalue weighted by Gasteiger charge is -2.16. The van der Waals surface area contributed by atoms with Crippen molar-refractivity contribution in [2.75, 3.05) is 14.2 Å². The number of rotatable bonds is 6. The van der Waals surface area contributed by atoms with E-state index >= 15 is 0 Å². The van der Waals surface area contributed by atoms with E-state index in [4.69, 9.17) is 9.47 Å². The molecule has 1 aliphatic rings. The maximum atomic E-state index is 12.6. The summed E-state index contributed by atoms with van der Waals surface area (Å²) in [7, 11) is 3.26. The second kappa shape index (κ2) is 8.02. The molecular weight excluding hydrogens is 372 g/mol. The monoisotopic (exact) mass is 394 g/mol. The summed E-state index contributed by atoms with van der Waals surface area (Å²) in [4.78, 5) is 17.2. The molecule has 3 aromatic rings. The van der Waals surface area contributed by atoms with Crippen molar-refractivity contribution in [2.24, 2.45) is 0 Å². The molecule has 0 bridgehead atoms. The maximum Gasteiger partial charge on any atom is 0.226 e. The third-order valence-corrected chi connectivity index (χ3v) is 5.91. The van der Waals surface area contributed by atoms with E-state index in [1.165, 1.54) is 5.56 Å². The molecule has 1 heterocycles. The van der Waals surface area contributed by atoms with Gasteiger partial charge < -0.3 is 14.8 Å². The first-order chi connectivity index (χ1) is 13.7. The Morgan fingerprint density at radius 1 is 1.18 bits per heavy atom. The molecule has 0 aliphatic heterocycles. The molecule has 1 atom stereocenters. The molecule has 4 rings (SSSR count). The summed E-state index contributed by atoms with van der Waals surface area (Å²) >= 11 is 1.56. The number of ether oxygens (including phenoxy) is 2. The number of aryl methyl sites for hydroxylation is 1. The number of carbonyl (C=O) groups excluding carboxylic acids is 1. The van der Waals surface area contributed by atoms with Crippen molar-refractivity contribution in [1.82, 2.24) is 10.3 Å². The summed E-state index contributed by atoms with van der Waals surface area (Å²) in [6.45, 7) is 0. The van der Waals surface area contributed by atoms with E-state index in [0.29, 0.717) is 5.75 Å². The zero-order valence-corrected chi connectivity index (χ0v) is 16.7. The van der Waals surface area contributed by atoms with Gasteiger partial charge in [-0.3, -0.25) is 4.79 Å². The van der Waals surface area contributed by atoms with Gasteiger partial charge in [0.2, 0.25) is 5.91 Å². The molecule has 1 amide bonds. The van der Waals surface area contributed by atoms with Crippen LogP contribution >= 0.6 is 11.3 Å². The van der Waals surface area contributed by atoms with Crippen molar-refractivity contribution in [2.45, 2.75) is 25.3 Å². The van der Waals surface area contributed by atoms with Gasteiger partial charge >= 0.3 is 0 Å². The van der Waals surface area contributed by atoms with E-state index in [1.54, 1.807) is 25.6 Å². The minimum absolute atomic E-state index is 0.00506. The van der Waals surface area contributed by atoms with Crippen molar-refractivity contribution in [1.29, 1.82) is 0 Å². The molecule has 28 heavy (non-hydrogen) atoms. The summed E-state index contributed by atoms with van der Waals surface area (Å²) < 4.78 is 10.8. The zero-order chi connectivity index (χ0) is 19.5. The number of aromatic nitrogens is 1. The van der Waals surface area contributed by atoms with Gasteiger partial charge in [-0.05, 0) is 36.1 Å². The number of carbonyl (C=O) groups is 1. The van der Waals surface area contributed by atoms with E-state index in [2.05, 4.69) is 10.3 Å². The topological polar surface area (TPSA) is 60.5 Å². The molecule has 0 fully saturated rings. The smallest absolute Gasteiger partial charge is 0.226 e. The molecular formula is C22H22N2O3S. The van der Waals surface area contributed by atoms with Crippen LogP contribution in [0.25, 0.3) is 10.6 Å². The molecule has 6 heteroatoms. The van der Waals surface area contributed by atoms with Gasteiger partial charge in [0.1, 0.15) is 5.01 Å². The molecule has 0 spiro atoms. The Morgan fingerprint density at radius 3 is 2.68 bits per heavy atom. The van der Waals surface area contributed by atoms with Crippen LogP contribution in [0.5, 0.6) is 11.5 Å². The number of amides is 1. The normalized spacial score (nSPS) is 15.1. The fraction of sp³-hybridized carbons (Fsp3) is 0.273. The third-order valence-electron chi connectivity index (χ3n) is 4.97.